The van der Waals surface area contributed by atoms with Gasteiger partial charge in [0.15, 0.2) is 0 Å². The van der Waals surface area contributed by atoms with E-state index in [9.17, 15) is 4.79 Å². The maximum atomic E-state index is 10.7. The van der Waals surface area contributed by atoms with Crippen molar-refractivity contribution >= 4 is 5.97 Å². The Morgan fingerprint density at radius 3 is 2.33 bits per heavy atom. The maximum Gasteiger partial charge on any atom is 0.330 e. The van der Waals surface area contributed by atoms with Crippen molar-refractivity contribution < 1.29 is 14.6 Å². The smallest absolute Gasteiger partial charge is 0.330 e. The van der Waals surface area contributed by atoms with Gasteiger partial charge in [-0.1, -0.05) is 6.58 Å². The number of hydrogen-bond donors (Lipinski definition) is 2. The third-order valence-corrected chi connectivity index (χ3v) is 1.54. The molecule has 0 aliphatic heterocycles. The van der Waals surface area contributed by atoms with Crippen molar-refractivity contribution in [2.75, 3.05) is 0 Å². The van der Waals surface area contributed by atoms with E-state index in [2.05, 4.69) is 6.58 Å². The van der Waals surface area contributed by atoms with Gasteiger partial charge in [0.2, 0.25) is 0 Å². The second-order valence-electron chi connectivity index (χ2n) is 2.90. The molecule has 0 spiro atoms. The third-order valence-electron chi connectivity index (χ3n) is 1.54. The summed E-state index contributed by atoms with van der Waals surface area (Å²) in [7, 11) is 0. The quantitative estimate of drug-likeness (QED) is 0.496. The fraction of sp³-hybridized carbons (Fsp3) is 0.625. The summed E-state index contributed by atoms with van der Waals surface area (Å²) < 4.78 is 4.84. The minimum absolute atomic E-state index is 0. The molecule has 0 saturated heterocycles. The van der Waals surface area contributed by atoms with Crippen LogP contribution in [0.15, 0.2) is 12.7 Å². The number of aliphatic hydroxyl groups is 1. The third kappa shape index (κ3) is 4.10. The van der Waals surface area contributed by atoms with E-state index in [4.69, 9.17) is 9.84 Å². The van der Waals surface area contributed by atoms with Crippen LogP contribution < -0.4 is 6.15 Å². The molecule has 0 radical (unpaired) electrons. The van der Waals surface area contributed by atoms with Gasteiger partial charge in [-0.15, -0.1) is 0 Å². The average Bonchev–Trinajstić information content (AvgIpc) is 1.86. The Kier molecular flexibility index (Phi) is 5.59. The zero-order valence-electron chi connectivity index (χ0n) is 7.83. The Morgan fingerprint density at radius 1 is 1.67 bits per heavy atom. The zero-order valence-corrected chi connectivity index (χ0v) is 7.83. The van der Waals surface area contributed by atoms with Crippen molar-refractivity contribution in [2.45, 2.75) is 32.5 Å². The van der Waals surface area contributed by atoms with Gasteiger partial charge in [-0.2, -0.15) is 0 Å². The van der Waals surface area contributed by atoms with Crippen molar-refractivity contribution in [3.63, 3.8) is 0 Å². The van der Waals surface area contributed by atoms with Gasteiger partial charge in [-0.25, -0.2) is 4.79 Å². The van der Waals surface area contributed by atoms with Gasteiger partial charge in [0.1, 0.15) is 5.60 Å². The second kappa shape index (κ2) is 4.90. The molecule has 4 nitrogen and oxygen atoms in total. The number of hydrogen-bond acceptors (Lipinski definition) is 4. The van der Waals surface area contributed by atoms with Crippen molar-refractivity contribution in [3.05, 3.63) is 12.7 Å². The van der Waals surface area contributed by atoms with Crippen LogP contribution in [0.2, 0.25) is 0 Å². The molecule has 4 heteroatoms. The molecule has 4 N–H and O–H groups in total. The Morgan fingerprint density at radius 2 is 2.08 bits per heavy atom. The molecule has 0 aromatic heterocycles. The molecule has 0 rings (SSSR count). The molecule has 72 valence electrons. The number of esters is 1. The normalized spacial score (nSPS) is 12.7. The lowest BCUT2D eigenvalue weighted by atomic mass is 10.0. The number of ether oxygens (including phenoxy) is 1. The van der Waals surface area contributed by atoms with Gasteiger partial charge < -0.3 is 16.0 Å². The Labute approximate surface area is 72.8 Å². The van der Waals surface area contributed by atoms with Gasteiger partial charge in [-0.3, -0.25) is 0 Å². The molecule has 0 bridgehead atoms. The first-order valence-corrected chi connectivity index (χ1v) is 3.43. The van der Waals surface area contributed by atoms with Crippen LogP contribution in [-0.4, -0.2) is 22.8 Å². The van der Waals surface area contributed by atoms with E-state index in [0.717, 1.165) is 6.08 Å². The van der Waals surface area contributed by atoms with Gasteiger partial charge in [0.25, 0.3) is 0 Å². The molecule has 1 unspecified atom stereocenters. The number of rotatable bonds is 3. The van der Waals surface area contributed by atoms with Crippen LogP contribution >= 0.6 is 0 Å². The molecule has 0 aromatic carbocycles. The molecule has 0 aliphatic carbocycles. The highest BCUT2D eigenvalue weighted by molar-refractivity contribution is 5.81. The van der Waals surface area contributed by atoms with E-state index in [1.54, 1.807) is 20.8 Å². The van der Waals surface area contributed by atoms with Crippen LogP contribution in [0, 0.1) is 0 Å². The summed E-state index contributed by atoms with van der Waals surface area (Å²) in [6, 6.07) is 0. The van der Waals surface area contributed by atoms with Crippen molar-refractivity contribution in [2.24, 2.45) is 0 Å². The highest BCUT2D eigenvalue weighted by Crippen LogP contribution is 2.14. The number of carbonyl (C=O) groups excluding carboxylic acids is 1. The van der Waals surface area contributed by atoms with E-state index in [1.807, 2.05) is 0 Å². The average molecular weight is 175 g/mol. The van der Waals surface area contributed by atoms with Gasteiger partial charge in [0, 0.05) is 6.08 Å². The summed E-state index contributed by atoms with van der Waals surface area (Å²) in [5, 5.41) is 9.11. The maximum absolute atomic E-state index is 10.7. The monoisotopic (exact) mass is 175 g/mol. The van der Waals surface area contributed by atoms with Crippen molar-refractivity contribution in [1.82, 2.24) is 6.15 Å². The minimum atomic E-state index is -0.842. The highest BCUT2D eigenvalue weighted by atomic mass is 16.6. The Hall–Kier alpha value is -0.870. The van der Waals surface area contributed by atoms with Crippen LogP contribution in [0.1, 0.15) is 20.8 Å². The SMILES string of the molecule is C=CC(=O)OC(C)(C)C(C)O.N. The first-order valence-electron chi connectivity index (χ1n) is 3.43. The molecule has 0 heterocycles. The predicted octanol–water partition coefficient (Wildman–Crippen LogP) is 1.04. The fourth-order valence-electron chi connectivity index (χ4n) is 0.386. The van der Waals surface area contributed by atoms with Crippen LogP contribution in [0.5, 0.6) is 0 Å². The lowest BCUT2D eigenvalue weighted by molar-refractivity contribution is -0.160. The van der Waals surface area contributed by atoms with E-state index in [-0.39, 0.29) is 6.15 Å². The molecular weight excluding hydrogens is 158 g/mol. The molecule has 0 aliphatic rings. The van der Waals surface area contributed by atoms with E-state index >= 15 is 0 Å². The van der Waals surface area contributed by atoms with Gasteiger partial charge in [0.05, 0.1) is 6.10 Å². The number of aliphatic hydroxyl groups excluding tert-OH is 1. The largest absolute Gasteiger partial charge is 0.454 e. The van der Waals surface area contributed by atoms with Gasteiger partial charge in [-0.05, 0) is 20.8 Å². The van der Waals surface area contributed by atoms with Crippen molar-refractivity contribution in [3.8, 4) is 0 Å². The topological polar surface area (TPSA) is 81.5 Å². The minimum Gasteiger partial charge on any atom is -0.454 e. The Bertz CT molecular complexity index is 164. The van der Waals surface area contributed by atoms with E-state index < -0.39 is 17.7 Å². The summed E-state index contributed by atoms with van der Waals surface area (Å²) >= 11 is 0. The summed E-state index contributed by atoms with van der Waals surface area (Å²) in [6.45, 7) is 8.09. The van der Waals surface area contributed by atoms with Crippen LogP contribution in [-0.2, 0) is 9.53 Å². The molecule has 1 atom stereocenters. The summed E-state index contributed by atoms with van der Waals surface area (Å²) in [4.78, 5) is 10.7. The lowest BCUT2D eigenvalue weighted by Gasteiger charge is -2.27. The van der Waals surface area contributed by atoms with Crippen molar-refractivity contribution in [1.29, 1.82) is 0 Å². The van der Waals surface area contributed by atoms with Crippen LogP contribution in [0.3, 0.4) is 0 Å². The van der Waals surface area contributed by atoms with Gasteiger partial charge >= 0.3 is 5.97 Å². The van der Waals surface area contributed by atoms with E-state index in [1.165, 1.54) is 0 Å². The summed E-state index contributed by atoms with van der Waals surface area (Å²) in [5.74, 6) is -0.518. The standard InChI is InChI=1S/C8H14O3.H3N/c1-5-7(10)11-8(3,4)6(2)9;/h5-6,9H,1H2,2-4H3;1H3. The number of carbonyl (C=O) groups is 1. The highest BCUT2D eigenvalue weighted by Gasteiger charge is 2.27. The summed E-state index contributed by atoms with van der Waals surface area (Å²) in [6.07, 6.45) is 0.385. The molecule has 0 fully saturated rings. The molecule has 0 amide bonds. The van der Waals surface area contributed by atoms with Crippen LogP contribution in [0.4, 0.5) is 0 Å². The predicted molar refractivity (Wildman–Crippen MR) is 47.1 cm³/mol. The molecule has 12 heavy (non-hydrogen) atoms. The summed E-state index contributed by atoms with van der Waals surface area (Å²) in [5.41, 5.74) is -0.842. The zero-order chi connectivity index (χ0) is 9.07. The molecule has 0 saturated carbocycles. The molecule has 0 aromatic rings. The lowest BCUT2D eigenvalue weighted by Crippen LogP contribution is -2.38. The van der Waals surface area contributed by atoms with E-state index in [0.29, 0.717) is 0 Å². The fourth-order valence-corrected chi connectivity index (χ4v) is 0.386. The second-order valence-corrected chi connectivity index (χ2v) is 2.90. The first kappa shape index (κ1) is 13.7. The van der Waals surface area contributed by atoms with Crippen LogP contribution in [0.25, 0.3) is 0 Å². The molecular formula is C8H17NO3. The Balaban J connectivity index is 0. The first-order chi connectivity index (χ1) is 4.90.